The van der Waals surface area contributed by atoms with Crippen molar-refractivity contribution >= 4 is 5.91 Å². The molecule has 2 heterocycles. The Morgan fingerprint density at radius 3 is 2.89 bits per heavy atom. The lowest BCUT2D eigenvalue weighted by molar-refractivity contribution is 0.0939. The number of hydrogen-bond acceptors (Lipinski definition) is 4. The number of carbonyl (C=O) groups excluding carboxylic acids is 1. The first-order chi connectivity index (χ1) is 8.65. The van der Waals surface area contributed by atoms with Gasteiger partial charge < -0.3 is 15.6 Å². The molecule has 1 aromatic rings. The Kier molecular flexibility index (Phi) is 3.93. The van der Waals surface area contributed by atoms with E-state index in [1.54, 1.807) is 0 Å². The van der Waals surface area contributed by atoms with Crippen molar-refractivity contribution in [3.8, 4) is 0 Å². The van der Waals surface area contributed by atoms with Gasteiger partial charge in [0.05, 0.1) is 0 Å². The number of rotatable bonds is 3. The fourth-order valence-electron chi connectivity index (χ4n) is 2.02. The van der Waals surface area contributed by atoms with E-state index in [-0.39, 0.29) is 5.69 Å². The Labute approximate surface area is 103 Å². The first-order valence-corrected chi connectivity index (χ1v) is 5.98. The van der Waals surface area contributed by atoms with Crippen LogP contribution in [-0.2, 0) is 0 Å². The van der Waals surface area contributed by atoms with Crippen molar-refractivity contribution in [2.75, 3.05) is 19.6 Å². The van der Waals surface area contributed by atoms with Crippen LogP contribution in [0.4, 0.5) is 0 Å². The molecule has 1 aromatic heterocycles. The lowest BCUT2D eigenvalue weighted by atomic mass is 10.00. The average Bonchev–Trinajstić information content (AvgIpc) is 2.36. The smallest absolute Gasteiger partial charge is 0.326 e. The molecule has 0 saturated carbocycles. The van der Waals surface area contributed by atoms with E-state index in [1.165, 1.54) is 0 Å². The molecule has 1 fully saturated rings. The van der Waals surface area contributed by atoms with Crippen LogP contribution >= 0.6 is 0 Å². The van der Waals surface area contributed by atoms with Gasteiger partial charge in [-0.1, -0.05) is 0 Å². The molecular formula is C11H16N4O3. The lowest BCUT2D eigenvalue weighted by Crippen LogP contribution is -2.39. The van der Waals surface area contributed by atoms with Crippen LogP contribution in [0.15, 0.2) is 15.7 Å². The molecule has 98 valence electrons. The van der Waals surface area contributed by atoms with Gasteiger partial charge in [-0.25, -0.2) is 4.79 Å². The molecule has 1 amide bonds. The third-order valence-corrected chi connectivity index (χ3v) is 2.96. The zero-order valence-corrected chi connectivity index (χ0v) is 9.91. The van der Waals surface area contributed by atoms with E-state index in [2.05, 4.69) is 15.6 Å². The number of piperidine rings is 1. The minimum atomic E-state index is -0.674. The van der Waals surface area contributed by atoms with E-state index in [0.717, 1.165) is 32.0 Å². The summed E-state index contributed by atoms with van der Waals surface area (Å²) in [5.41, 5.74) is -1.26. The van der Waals surface area contributed by atoms with Gasteiger partial charge in [-0.05, 0) is 31.8 Å². The van der Waals surface area contributed by atoms with Crippen LogP contribution in [0.3, 0.4) is 0 Å². The van der Waals surface area contributed by atoms with E-state index in [4.69, 9.17) is 0 Å². The summed E-state index contributed by atoms with van der Waals surface area (Å²) in [5.74, 6) is -0.0276. The number of nitrogens with one attached hydrogen (secondary N) is 4. The van der Waals surface area contributed by atoms with Gasteiger partial charge in [-0.3, -0.25) is 14.6 Å². The molecule has 7 nitrogen and oxygen atoms in total. The van der Waals surface area contributed by atoms with Crippen molar-refractivity contribution in [2.45, 2.75) is 12.8 Å². The molecule has 1 unspecified atom stereocenters. The predicted octanol–water partition coefficient (Wildman–Crippen LogP) is -1.21. The number of hydrogen-bond donors (Lipinski definition) is 4. The third-order valence-electron chi connectivity index (χ3n) is 2.96. The number of aromatic amines is 2. The predicted molar refractivity (Wildman–Crippen MR) is 65.6 cm³/mol. The van der Waals surface area contributed by atoms with Gasteiger partial charge >= 0.3 is 5.69 Å². The van der Waals surface area contributed by atoms with E-state index in [9.17, 15) is 14.4 Å². The van der Waals surface area contributed by atoms with Gasteiger partial charge in [-0.2, -0.15) is 0 Å². The molecule has 4 N–H and O–H groups in total. The summed E-state index contributed by atoms with van der Waals surface area (Å²) in [5, 5.41) is 5.97. The summed E-state index contributed by atoms with van der Waals surface area (Å²) in [6, 6.07) is 1.08. The normalized spacial score (nSPS) is 19.4. The molecule has 1 aliphatic rings. The van der Waals surface area contributed by atoms with Gasteiger partial charge in [0.15, 0.2) is 0 Å². The topological polar surface area (TPSA) is 107 Å². The number of H-pyrrole nitrogens is 2. The van der Waals surface area contributed by atoms with Gasteiger partial charge in [0.2, 0.25) is 0 Å². The highest BCUT2D eigenvalue weighted by molar-refractivity contribution is 5.91. The molecule has 0 aliphatic carbocycles. The molecule has 7 heteroatoms. The largest absolute Gasteiger partial charge is 0.350 e. The van der Waals surface area contributed by atoms with Crippen molar-refractivity contribution in [3.05, 3.63) is 32.6 Å². The fraction of sp³-hybridized carbons (Fsp3) is 0.545. The Hall–Kier alpha value is -1.89. The SMILES string of the molecule is O=C(NCC1CCCNC1)c1cc(=O)[nH]c(=O)[nH]1. The Morgan fingerprint density at radius 1 is 1.39 bits per heavy atom. The summed E-state index contributed by atoms with van der Waals surface area (Å²) < 4.78 is 0. The molecule has 1 saturated heterocycles. The summed E-state index contributed by atoms with van der Waals surface area (Å²) in [4.78, 5) is 38.1. The van der Waals surface area contributed by atoms with Crippen LogP contribution in [0, 0.1) is 5.92 Å². The highest BCUT2D eigenvalue weighted by Gasteiger charge is 2.15. The van der Waals surface area contributed by atoms with Crippen LogP contribution < -0.4 is 21.9 Å². The van der Waals surface area contributed by atoms with Gasteiger partial charge in [0, 0.05) is 12.6 Å². The number of aromatic nitrogens is 2. The zero-order valence-electron chi connectivity index (χ0n) is 9.91. The Balaban J connectivity index is 1.94. The molecule has 0 aromatic carbocycles. The molecule has 0 spiro atoms. The molecular weight excluding hydrogens is 236 g/mol. The monoisotopic (exact) mass is 252 g/mol. The molecule has 1 aliphatic heterocycles. The Morgan fingerprint density at radius 2 is 2.22 bits per heavy atom. The second-order valence-electron chi connectivity index (χ2n) is 4.42. The number of carbonyl (C=O) groups is 1. The lowest BCUT2D eigenvalue weighted by Gasteiger charge is -2.22. The molecule has 0 radical (unpaired) electrons. The van der Waals surface area contributed by atoms with E-state index in [0.29, 0.717) is 12.5 Å². The third kappa shape index (κ3) is 3.30. The van der Waals surface area contributed by atoms with Gasteiger partial charge in [0.25, 0.3) is 11.5 Å². The second-order valence-corrected chi connectivity index (χ2v) is 4.42. The highest BCUT2D eigenvalue weighted by Crippen LogP contribution is 2.08. The average molecular weight is 252 g/mol. The molecule has 0 bridgehead atoms. The van der Waals surface area contributed by atoms with Crippen LogP contribution in [0.1, 0.15) is 23.3 Å². The van der Waals surface area contributed by atoms with Gasteiger partial charge in [-0.15, -0.1) is 0 Å². The van der Waals surface area contributed by atoms with Crippen molar-refractivity contribution < 1.29 is 4.79 Å². The first kappa shape index (κ1) is 12.6. The van der Waals surface area contributed by atoms with E-state index in [1.807, 2.05) is 4.98 Å². The van der Waals surface area contributed by atoms with Crippen LogP contribution in [0.5, 0.6) is 0 Å². The quantitative estimate of drug-likeness (QED) is 0.541. The summed E-state index contributed by atoms with van der Waals surface area (Å²) in [6.07, 6.45) is 2.17. The maximum Gasteiger partial charge on any atom is 0.326 e. The first-order valence-electron chi connectivity index (χ1n) is 5.98. The van der Waals surface area contributed by atoms with E-state index >= 15 is 0 Å². The summed E-state index contributed by atoms with van der Waals surface area (Å²) in [7, 11) is 0. The van der Waals surface area contributed by atoms with Crippen LogP contribution in [-0.4, -0.2) is 35.5 Å². The number of amides is 1. The maximum absolute atomic E-state index is 11.7. The van der Waals surface area contributed by atoms with Crippen molar-refractivity contribution in [1.29, 1.82) is 0 Å². The van der Waals surface area contributed by atoms with E-state index < -0.39 is 17.2 Å². The molecule has 1 atom stereocenters. The second kappa shape index (κ2) is 5.63. The summed E-state index contributed by atoms with van der Waals surface area (Å²) in [6.45, 7) is 2.44. The minimum Gasteiger partial charge on any atom is -0.350 e. The zero-order chi connectivity index (χ0) is 13.0. The standard InChI is InChI=1S/C11H16N4O3/c16-9-4-8(14-11(18)15-9)10(17)13-6-7-2-1-3-12-5-7/h4,7,12H,1-3,5-6H2,(H,13,17)(H2,14,15,16,18). The van der Waals surface area contributed by atoms with Crippen LogP contribution in [0.25, 0.3) is 0 Å². The van der Waals surface area contributed by atoms with Crippen LogP contribution in [0.2, 0.25) is 0 Å². The van der Waals surface area contributed by atoms with Crippen molar-refractivity contribution in [3.63, 3.8) is 0 Å². The maximum atomic E-state index is 11.7. The van der Waals surface area contributed by atoms with Crippen molar-refractivity contribution in [1.82, 2.24) is 20.6 Å². The molecule has 2 rings (SSSR count). The summed E-state index contributed by atoms with van der Waals surface area (Å²) >= 11 is 0. The Bertz CT molecular complexity index is 499. The molecule has 18 heavy (non-hydrogen) atoms. The minimum absolute atomic E-state index is 0.00693. The highest BCUT2D eigenvalue weighted by atomic mass is 16.2. The fourth-order valence-corrected chi connectivity index (χ4v) is 2.02. The van der Waals surface area contributed by atoms with Gasteiger partial charge in [0.1, 0.15) is 5.69 Å². The van der Waals surface area contributed by atoms with Crippen molar-refractivity contribution in [2.24, 2.45) is 5.92 Å².